The van der Waals surface area contributed by atoms with Crippen molar-refractivity contribution in [1.29, 1.82) is 0 Å². The van der Waals surface area contributed by atoms with E-state index in [-0.39, 0.29) is 6.61 Å². The first-order chi connectivity index (χ1) is 9.35. The number of hydrogen-bond acceptors (Lipinski definition) is 5. The summed E-state index contributed by atoms with van der Waals surface area (Å²) in [6.07, 6.45) is 5.75. The van der Waals surface area contributed by atoms with Crippen LogP contribution in [0.3, 0.4) is 0 Å². The number of aromatic nitrogens is 3. The average Bonchev–Trinajstić information content (AvgIpc) is 3.10. The lowest BCUT2D eigenvalue weighted by atomic mass is 9.95. The predicted octanol–water partition coefficient (Wildman–Crippen LogP) is 0.988. The van der Waals surface area contributed by atoms with Crippen molar-refractivity contribution in [2.75, 3.05) is 24.6 Å². The summed E-state index contributed by atoms with van der Waals surface area (Å²) in [6, 6.07) is 0.832. The summed E-state index contributed by atoms with van der Waals surface area (Å²) in [6.45, 7) is 3.40. The lowest BCUT2D eigenvalue weighted by molar-refractivity contribution is 0.134. The Morgan fingerprint density at radius 1 is 1.32 bits per heavy atom. The largest absolute Gasteiger partial charge is 0.390 e. The summed E-state index contributed by atoms with van der Waals surface area (Å²) in [5, 5.41) is 17.0. The van der Waals surface area contributed by atoms with Crippen LogP contribution in [0.15, 0.2) is 6.20 Å². The third-order valence-electron chi connectivity index (χ3n) is 4.26. The van der Waals surface area contributed by atoms with Gasteiger partial charge in [0.15, 0.2) is 0 Å². The number of nitrogens with zero attached hydrogens (tertiary/aromatic N) is 4. The molecule has 0 aromatic carbocycles. The van der Waals surface area contributed by atoms with Crippen molar-refractivity contribution in [2.45, 2.75) is 38.5 Å². The second-order valence-electron chi connectivity index (χ2n) is 5.59. The molecular weight excluding hydrogens is 260 g/mol. The van der Waals surface area contributed by atoms with Crippen LogP contribution < -0.4 is 0 Å². The topological polar surface area (TPSA) is 54.2 Å². The maximum Gasteiger partial charge on any atom is 0.108 e. The van der Waals surface area contributed by atoms with E-state index in [1.54, 1.807) is 0 Å². The van der Waals surface area contributed by atoms with E-state index >= 15 is 0 Å². The molecule has 19 heavy (non-hydrogen) atoms. The molecule has 0 radical (unpaired) electrons. The quantitative estimate of drug-likeness (QED) is 0.892. The zero-order valence-electron chi connectivity index (χ0n) is 11.2. The SMILES string of the molecule is OCc1cn(CC2CCN([C@H]3CCSC3)CC2)nn1. The molecule has 0 spiro atoms. The molecule has 1 N–H and O–H groups in total. The minimum Gasteiger partial charge on any atom is -0.390 e. The standard InChI is InChI=1S/C13H22N4OS/c18-9-12-8-17(15-14-12)7-11-1-4-16(5-2-11)13-3-6-19-10-13/h8,11,13,18H,1-7,9-10H2/t13-/m0/s1. The number of piperidine rings is 1. The van der Waals surface area contributed by atoms with Gasteiger partial charge < -0.3 is 5.11 Å². The highest BCUT2D eigenvalue weighted by Gasteiger charge is 2.27. The van der Waals surface area contributed by atoms with Crippen LogP contribution in [0.25, 0.3) is 0 Å². The Morgan fingerprint density at radius 2 is 2.16 bits per heavy atom. The Labute approximate surface area is 118 Å². The molecule has 2 aliphatic heterocycles. The molecule has 1 atom stereocenters. The molecule has 0 saturated carbocycles. The predicted molar refractivity (Wildman–Crippen MR) is 76.0 cm³/mol. The minimum atomic E-state index is -0.0161. The molecular formula is C13H22N4OS. The first kappa shape index (κ1) is 13.4. The van der Waals surface area contributed by atoms with E-state index in [2.05, 4.69) is 27.0 Å². The number of aliphatic hydroxyl groups excluding tert-OH is 1. The zero-order valence-corrected chi connectivity index (χ0v) is 12.1. The van der Waals surface area contributed by atoms with Crippen molar-refractivity contribution >= 4 is 11.8 Å². The molecule has 5 nitrogen and oxygen atoms in total. The average molecular weight is 282 g/mol. The molecule has 2 aliphatic rings. The first-order valence-corrected chi connectivity index (χ1v) is 8.32. The number of hydrogen-bond donors (Lipinski definition) is 1. The Morgan fingerprint density at radius 3 is 2.79 bits per heavy atom. The van der Waals surface area contributed by atoms with Crippen molar-refractivity contribution in [2.24, 2.45) is 5.92 Å². The van der Waals surface area contributed by atoms with Gasteiger partial charge in [-0.2, -0.15) is 11.8 Å². The third-order valence-corrected chi connectivity index (χ3v) is 5.41. The van der Waals surface area contributed by atoms with Gasteiger partial charge in [0.05, 0.1) is 12.8 Å². The Balaban J connectivity index is 1.47. The number of thioether (sulfide) groups is 1. The van der Waals surface area contributed by atoms with Crippen LogP contribution in [-0.2, 0) is 13.2 Å². The van der Waals surface area contributed by atoms with E-state index in [1.807, 2.05) is 10.9 Å². The summed E-state index contributed by atoms with van der Waals surface area (Å²) >= 11 is 2.10. The maximum atomic E-state index is 8.99. The van der Waals surface area contributed by atoms with E-state index in [0.29, 0.717) is 11.6 Å². The van der Waals surface area contributed by atoms with Gasteiger partial charge in [-0.1, -0.05) is 5.21 Å². The molecule has 106 valence electrons. The van der Waals surface area contributed by atoms with Gasteiger partial charge in [0.25, 0.3) is 0 Å². The molecule has 0 aliphatic carbocycles. The van der Waals surface area contributed by atoms with E-state index in [1.165, 1.54) is 43.9 Å². The van der Waals surface area contributed by atoms with E-state index in [0.717, 1.165) is 12.6 Å². The monoisotopic (exact) mass is 282 g/mol. The van der Waals surface area contributed by atoms with Gasteiger partial charge in [-0.15, -0.1) is 5.10 Å². The fourth-order valence-corrected chi connectivity index (χ4v) is 4.33. The summed E-state index contributed by atoms with van der Waals surface area (Å²) in [7, 11) is 0. The van der Waals surface area contributed by atoms with Gasteiger partial charge in [0.1, 0.15) is 5.69 Å². The van der Waals surface area contributed by atoms with Crippen LogP contribution in [0, 0.1) is 5.92 Å². The van der Waals surface area contributed by atoms with Crippen molar-refractivity contribution in [3.63, 3.8) is 0 Å². The molecule has 1 aromatic heterocycles. The van der Waals surface area contributed by atoms with Crippen LogP contribution in [0.2, 0.25) is 0 Å². The second-order valence-corrected chi connectivity index (χ2v) is 6.74. The lowest BCUT2D eigenvalue weighted by Gasteiger charge is -2.35. The van der Waals surface area contributed by atoms with Gasteiger partial charge in [-0.05, 0) is 44.0 Å². The Hall–Kier alpha value is -0.590. The molecule has 2 fully saturated rings. The Kier molecular flexibility index (Phi) is 4.40. The minimum absolute atomic E-state index is 0.0161. The van der Waals surface area contributed by atoms with Crippen molar-refractivity contribution in [1.82, 2.24) is 19.9 Å². The molecule has 0 bridgehead atoms. The molecule has 2 saturated heterocycles. The summed E-state index contributed by atoms with van der Waals surface area (Å²) in [5.41, 5.74) is 0.667. The zero-order chi connectivity index (χ0) is 13.1. The molecule has 0 unspecified atom stereocenters. The van der Waals surface area contributed by atoms with Gasteiger partial charge in [0.2, 0.25) is 0 Å². The molecule has 1 aromatic rings. The van der Waals surface area contributed by atoms with Gasteiger partial charge in [-0.3, -0.25) is 9.58 Å². The van der Waals surface area contributed by atoms with Crippen molar-refractivity contribution in [3.8, 4) is 0 Å². The number of rotatable bonds is 4. The van der Waals surface area contributed by atoms with Crippen LogP contribution in [-0.4, -0.2) is 55.6 Å². The normalized spacial score (nSPS) is 26.1. The summed E-state index contributed by atoms with van der Waals surface area (Å²) in [5.74, 6) is 3.37. The van der Waals surface area contributed by atoms with Gasteiger partial charge >= 0.3 is 0 Å². The second kappa shape index (κ2) is 6.24. The molecule has 3 rings (SSSR count). The lowest BCUT2D eigenvalue weighted by Crippen LogP contribution is -2.42. The summed E-state index contributed by atoms with van der Waals surface area (Å²) in [4.78, 5) is 2.68. The number of likely N-dealkylation sites (tertiary alicyclic amines) is 1. The molecule has 6 heteroatoms. The van der Waals surface area contributed by atoms with E-state index < -0.39 is 0 Å². The van der Waals surface area contributed by atoms with Crippen LogP contribution in [0.1, 0.15) is 25.0 Å². The van der Waals surface area contributed by atoms with Crippen LogP contribution in [0.5, 0.6) is 0 Å². The van der Waals surface area contributed by atoms with Gasteiger partial charge in [-0.25, -0.2) is 0 Å². The molecule has 3 heterocycles. The van der Waals surface area contributed by atoms with Crippen molar-refractivity contribution < 1.29 is 5.11 Å². The van der Waals surface area contributed by atoms with Crippen LogP contribution >= 0.6 is 11.8 Å². The van der Waals surface area contributed by atoms with Crippen LogP contribution in [0.4, 0.5) is 0 Å². The maximum absolute atomic E-state index is 8.99. The summed E-state index contributed by atoms with van der Waals surface area (Å²) < 4.78 is 1.89. The fraction of sp³-hybridized carbons (Fsp3) is 0.846. The third kappa shape index (κ3) is 3.30. The Bertz CT molecular complexity index is 397. The smallest absolute Gasteiger partial charge is 0.108 e. The fourth-order valence-electron chi connectivity index (χ4n) is 3.08. The van der Waals surface area contributed by atoms with E-state index in [4.69, 9.17) is 5.11 Å². The highest BCUT2D eigenvalue weighted by Crippen LogP contribution is 2.27. The highest BCUT2D eigenvalue weighted by molar-refractivity contribution is 7.99. The van der Waals surface area contributed by atoms with Crippen molar-refractivity contribution in [3.05, 3.63) is 11.9 Å². The van der Waals surface area contributed by atoms with E-state index in [9.17, 15) is 0 Å². The highest BCUT2D eigenvalue weighted by atomic mass is 32.2. The first-order valence-electron chi connectivity index (χ1n) is 7.17. The molecule has 0 amide bonds. The number of aliphatic hydroxyl groups is 1. The van der Waals surface area contributed by atoms with Gasteiger partial charge in [0, 0.05) is 18.3 Å².